The van der Waals surface area contributed by atoms with Gasteiger partial charge in [-0.15, -0.1) is 0 Å². The van der Waals surface area contributed by atoms with Crippen molar-refractivity contribution in [3.63, 3.8) is 0 Å². The van der Waals surface area contributed by atoms with Gasteiger partial charge in [0.25, 0.3) is 0 Å². The van der Waals surface area contributed by atoms with Crippen LogP contribution in [0.3, 0.4) is 0 Å². The second-order valence-electron chi connectivity index (χ2n) is 4.04. The van der Waals surface area contributed by atoms with E-state index in [-0.39, 0.29) is 13.1 Å². The molecule has 4 N–H and O–H groups in total. The summed E-state index contributed by atoms with van der Waals surface area (Å²) in [5.74, 6) is -2.51. The average Bonchev–Trinajstić information content (AvgIpc) is 2.25. The molecule has 2 amide bonds. The summed E-state index contributed by atoms with van der Waals surface area (Å²) in [4.78, 5) is 32.8. The van der Waals surface area contributed by atoms with Gasteiger partial charge in [-0.25, -0.2) is 4.79 Å². The Bertz CT molecular complexity index is 319. The number of carboxylic acid groups (broad SMARTS) is 2. The first-order valence-corrected chi connectivity index (χ1v) is 5.27. The van der Waals surface area contributed by atoms with Crippen LogP contribution in [0.15, 0.2) is 0 Å². The minimum Gasteiger partial charge on any atom is -0.481 e. The van der Waals surface area contributed by atoms with E-state index in [0.29, 0.717) is 6.61 Å². The summed E-state index contributed by atoms with van der Waals surface area (Å²) in [6, 6.07) is -0.565. The van der Waals surface area contributed by atoms with Crippen molar-refractivity contribution in [2.24, 2.45) is 5.41 Å². The third-order valence-corrected chi connectivity index (χ3v) is 2.29. The first-order valence-electron chi connectivity index (χ1n) is 5.27. The Labute approximate surface area is 104 Å². The molecule has 0 aromatic carbocycles. The maximum absolute atomic E-state index is 11.3. The summed E-state index contributed by atoms with van der Waals surface area (Å²) in [7, 11) is 1.48. The number of methoxy groups -OCH3 is 1. The number of rotatable bonds is 8. The minimum atomic E-state index is -1.54. The van der Waals surface area contributed by atoms with Gasteiger partial charge in [-0.1, -0.05) is 0 Å². The summed E-state index contributed by atoms with van der Waals surface area (Å²) >= 11 is 0. The van der Waals surface area contributed by atoms with Gasteiger partial charge in [0.15, 0.2) is 0 Å². The number of nitrogens with one attached hydrogen (secondary N) is 2. The molecule has 0 rings (SSSR count). The van der Waals surface area contributed by atoms with Gasteiger partial charge < -0.3 is 25.6 Å². The van der Waals surface area contributed by atoms with E-state index < -0.39 is 29.8 Å². The lowest BCUT2D eigenvalue weighted by Crippen LogP contribution is -2.46. The Morgan fingerprint density at radius 1 is 1.22 bits per heavy atom. The van der Waals surface area contributed by atoms with Crippen molar-refractivity contribution in [3.05, 3.63) is 0 Å². The SMILES string of the molecule is COCCNC(=O)NCC(C)(CC(=O)O)C(=O)O. The number of carbonyl (C=O) groups is 3. The number of carboxylic acids is 2. The third-order valence-electron chi connectivity index (χ3n) is 2.29. The summed E-state index contributed by atoms with van der Waals surface area (Å²) in [6.45, 7) is 1.61. The second-order valence-corrected chi connectivity index (χ2v) is 4.04. The summed E-state index contributed by atoms with van der Waals surface area (Å²) in [6.07, 6.45) is -0.569. The van der Waals surface area contributed by atoms with Crippen LogP contribution in [0.1, 0.15) is 13.3 Å². The number of hydrogen-bond acceptors (Lipinski definition) is 4. The van der Waals surface area contributed by atoms with Crippen molar-refractivity contribution in [1.82, 2.24) is 10.6 Å². The first-order chi connectivity index (χ1) is 8.31. The molecule has 0 saturated carbocycles. The van der Waals surface area contributed by atoms with Crippen LogP contribution < -0.4 is 10.6 Å². The van der Waals surface area contributed by atoms with Crippen LogP contribution in [0.4, 0.5) is 4.79 Å². The van der Waals surface area contributed by atoms with Gasteiger partial charge in [-0.05, 0) is 6.92 Å². The first kappa shape index (κ1) is 16.2. The largest absolute Gasteiger partial charge is 0.481 e. The highest BCUT2D eigenvalue weighted by molar-refractivity contribution is 5.82. The van der Waals surface area contributed by atoms with E-state index in [1.165, 1.54) is 14.0 Å². The van der Waals surface area contributed by atoms with Gasteiger partial charge >= 0.3 is 18.0 Å². The lowest BCUT2D eigenvalue weighted by molar-refractivity contribution is -0.154. The van der Waals surface area contributed by atoms with Crippen LogP contribution in [-0.2, 0) is 14.3 Å². The van der Waals surface area contributed by atoms with E-state index in [9.17, 15) is 14.4 Å². The fourth-order valence-electron chi connectivity index (χ4n) is 1.15. The quantitative estimate of drug-likeness (QED) is 0.437. The molecule has 0 aromatic heterocycles. The monoisotopic (exact) mass is 262 g/mol. The lowest BCUT2D eigenvalue weighted by Gasteiger charge is -2.23. The highest BCUT2D eigenvalue weighted by Gasteiger charge is 2.36. The molecule has 0 fully saturated rings. The molecular formula is C10H18N2O6. The van der Waals surface area contributed by atoms with Crippen molar-refractivity contribution in [1.29, 1.82) is 0 Å². The molecule has 0 saturated heterocycles. The topological polar surface area (TPSA) is 125 Å². The van der Waals surface area contributed by atoms with E-state index in [1.54, 1.807) is 0 Å². The average molecular weight is 262 g/mol. The molecule has 8 heteroatoms. The Balaban J connectivity index is 4.23. The smallest absolute Gasteiger partial charge is 0.314 e. The number of urea groups is 1. The van der Waals surface area contributed by atoms with E-state index in [0.717, 1.165) is 0 Å². The van der Waals surface area contributed by atoms with E-state index in [4.69, 9.17) is 14.9 Å². The summed E-state index contributed by atoms with van der Waals surface area (Å²) < 4.78 is 4.71. The van der Waals surface area contributed by atoms with Crippen molar-refractivity contribution >= 4 is 18.0 Å². The third kappa shape index (κ3) is 6.04. The zero-order valence-corrected chi connectivity index (χ0v) is 10.4. The fourth-order valence-corrected chi connectivity index (χ4v) is 1.15. The molecule has 0 heterocycles. The Morgan fingerprint density at radius 2 is 1.83 bits per heavy atom. The highest BCUT2D eigenvalue weighted by atomic mass is 16.5. The van der Waals surface area contributed by atoms with Crippen LogP contribution in [0.2, 0.25) is 0 Å². The van der Waals surface area contributed by atoms with Crippen LogP contribution in [0.25, 0.3) is 0 Å². The minimum absolute atomic E-state index is 0.270. The molecule has 8 nitrogen and oxygen atoms in total. The number of hydrogen-bond donors (Lipinski definition) is 4. The molecule has 1 atom stereocenters. The van der Waals surface area contributed by atoms with Gasteiger partial charge in [0, 0.05) is 20.2 Å². The summed E-state index contributed by atoms with van der Waals surface area (Å²) in [5.41, 5.74) is -1.54. The van der Waals surface area contributed by atoms with Crippen molar-refractivity contribution < 1.29 is 29.3 Å². The maximum atomic E-state index is 11.3. The van der Waals surface area contributed by atoms with E-state index in [2.05, 4.69) is 10.6 Å². The van der Waals surface area contributed by atoms with Crippen LogP contribution >= 0.6 is 0 Å². The van der Waals surface area contributed by atoms with Crippen molar-refractivity contribution in [3.8, 4) is 0 Å². The molecule has 0 aromatic rings. The highest BCUT2D eigenvalue weighted by Crippen LogP contribution is 2.20. The van der Waals surface area contributed by atoms with Crippen molar-refractivity contribution in [2.45, 2.75) is 13.3 Å². The van der Waals surface area contributed by atoms with Gasteiger partial charge in [0.1, 0.15) is 0 Å². The van der Waals surface area contributed by atoms with Crippen molar-refractivity contribution in [2.75, 3.05) is 26.8 Å². The number of aliphatic carboxylic acids is 2. The van der Waals surface area contributed by atoms with E-state index in [1.807, 2.05) is 0 Å². The lowest BCUT2D eigenvalue weighted by atomic mass is 9.87. The van der Waals surface area contributed by atoms with E-state index >= 15 is 0 Å². The van der Waals surface area contributed by atoms with Gasteiger partial charge in [0.05, 0.1) is 18.4 Å². The number of amides is 2. The Morgan fingerprint density at radius 3 is 2.28 bits per heavy atom. The zero-order chi connectivity index (χ0) is 14.2. The van der Waals surface area contributed by atoms with Crippen LogP contribution in [0.5, 0.6) is 0 Å². The van der Waals surface area contributed by atoms with Gasteiger partial charge in [-0.2, -0.15) is 0 Å². The molecule has 0 radical (unpaired) electrons. The predicted molar refractivity (Wildman–Crippen MR) is 61.3 cm³/mol. The number of carbonyl (C=O) groups excluding carboxylic acids is 1. The molecular weight excluding hydrogens is 244 g/mol. The van der Waals surface area contributed by atoms with Crippen LogP contribution in [-0.4, -0.2) is 55.0 Å². The molecule has 0 aliphatic heterocycles. The van der Waals surface area contributed by atoms with Crippen LogP contribution in [0, 0.1) is 5.41 Å². The maximum Gasteiger partial charge on any atom is 0.314 e. The van der Waals surface area contributed by atoms with Gasteiger partial charge in [0.2, 0.25) is 0 Å². The Hall–Kier alpha value is -1.83. The predicted octanol–water partition coefficient (Wildman–Crippen LogP) is -0.502. The molecule has 0 spiro atoms. The molecule has 0 aliphatic carbocycles. The normalized spacial score (nSPS) is 13.4. The van der Waals surface area contributed by atoms with Gasteiger partial charge in [-0.3, -0.25) is 9.59 Å². The molecule has 0 aliphatic rings. The zero-order valence-electron chi connectivity index (χ0n) is 10.4. The standard InChI is InChI=1S/C10H18N2O6/c1-10(8(15)16,5-7(13)14)6-12-9(17)11-3-4-18-2/h3-6H2,1-2H3,(H,13,14)(H,15,16)(H2,11,12,17). The molecule has 0 bridgehead atoms. The summed E-state index contributed by atoms with van der Waals surface area (Å²) in [5, 5.41) is 22.3. The fraction of sp³-hybridized carbons (Fsp3) is 0.700. The number of ether oxygens (including phenoxy) is 1. The molecule has 18 heavy (non-hydrogen) atoms. The molecule has 104 valence electrons. The second kappa shape index (κ2) is 7.49. The Kier molecular flexibility index (Phi) is 6.73. The molecule has 1 unspecified atom stereocenters.